The highest BCUT2D eigenvalue weighted by atomic mass is 31.2. The molecule has 0 aromatic rings. The van der Waals surface area contributed by atoms with Crippen LogP contribution in [0, 0.1) is 0 Å². The Hall–Kier alpha value is 0.0300. The summed E-state index contributed by atoms with van der Waals surface area (Å²) in [4.78, 5) is 3.57. The van der Waals surface area contributed by atoms with E-state index in [-0.39, 0.29) is 19.1 Å². The first-order chi connectivity index (χ1) is 7.72. The second kappa shape index (κ2) is 7.46. The molecule has 0 aliphatic carbocycles. The maximum absolute atomic E-state index is 12.3. The van der Waals surface area contributed by atoms with Gasteiger partial charge in [0.2, 0.25) is 0 Å². The fourth-order valence-electron chi connectivity index (χ4n) is 0.806. The Bertz CT molecular complexity index is 241. The van der Waals surface area contributed by atoms with E-state index < -0.39 is 7.82 Å². The lowest BCUT2D eigenvalue weighted by Gasteiger charge is -2.28. The van der Waals surface area contributed by atoms with E-state index in [1.54, 1.807) is 30.6 Å². The van der Waals surface area contributed by atoms with Gasteiger partial charge in [-0.15, -0.1) is 0 Å². The van der Waals surface area contributed by atoms with E-state index in [1.807, 2.05) is 28.2 Å². The maximum Gasteiger partial charge on any atom is 0.477 e. The van der Waals surface area contributed by atoms with Crippen molar-refractivity contribution in [1.29, 1.82) is 0 Å². The van der Waals surface area contributed by atoms with E-state index in [2.05, 4.69) is 0 Å². The Balaban J connectivity index is 4.61. The molecule has 2 unspecified atom stereocenters. The van der Waals surface area contributed by atoms with E-state index in [4.69, 9.17) is 13.6 Å². The Morgan fingerprint density at radius 1 is 1.00 bits per heavy atom. The number of phosphoric acid groups is 1. The summed E-state index contributed by atoms with van der Waals surface area (Å²) in [6.45, 7) is 5.60. The van der Waals surface area contributed by atoms with E-state index >= 15 is 0 Å². The lowest BCUT2D eigenvalue weighted by molar-refractivity contribution is -0.0149. The van der Waals surface area contributed by atoms with Crippen LogP contribution in [0.5, 0.6) is 0 Å². The molecule has 104 valence electrons. The molecule has 0 bridgehead atoms. The summed E-state index contributed by atoms with van der Waals surface area (Å²) in [5.41, 5.74) is 0. The van der Waals surface area contributed by atoms with Gasteiger partial charge in [0, 0.05) is 0 Å². The maximum atomic E-state index is 12.3. The van der Waals surface area contributed by atoms with Crippen LogP contribution in [-0.4, -0.2) is 57.1 Å². The molecule has 0 rings (SSSR count). The third-order valence-electron chi connectivity index (χ3n) is 2.30. The van der Waals surface area contributed by atoms with Gasteiger partial charge in [-0.1, -0.05) is 0 Å². The predicted molar refractivity (Wildman–Crippen MR) is 67.7 cm³/mol. The van der Waals surface area contributed by atoms with Gasteiger partial charge in [-0.25, -0.2) is 4.57 Å². The molecule has 0 aromatic carbocycles. The quantitative estimate of drug-likeness (QED) is 0.495. The molecule has 0 aromatic heterocycles. The minimum absolute atomic E-state index is 0.275. The van der Waals surface area contributed by atoms with Crippen molar-refractivity contribution in [2.75, 3.05) is 34.8 Å². The minimum Gasteiger partial charge on any atom is -0.287 e. The molecule has 17 heavy (non-hydrogen) atoms. The molecule has 0 aliphatic rings. The summed E-state index contributed by atoms with van der Waals surface area (Å²) >= 11 is 0. The number of hydrogen-bond donors (Lipinski definition) is 0. The second-order valence-corrected chi connectivity index (χ2v) is 5.78. The summed E-state index contributed by atoms with van der Waals surface area (Å²) in [6.07, 6.45) is -0.691. The standard InChI is InChI=1S/C10H25N2O4P/c1-8-14-17(13,15-9(2)11(4)5)16-10(3)12(6)7/h9-10H,8H2,1-7H3. The third kappa shape index (κ3) is 6.50. The van der Waals surface area contributed by atoms with Gasteiger partial charge in [-0.05, 0) is 49.0 Å². The Morgan fingerprint density at radius 3 is 1.59 bits per heavy atom. The van der Waals surface area contributed by atoms with Crippen molar-refractivity contribution >= 4 is 7.82 Å². The summed E-state index contributed by atoms with van der Waals surface area (Å²) in [5, 5.41) is 0. The first kappa shape index (κ1) is 17.0. The van der Waals surface area contributed by atoms with Crippen LogP contribution in [0.25, 0.3) is 0 Å². The highest BCUT2D eigenvalue weighted by Gasteiger charge is 2.32. The molecule has 0 aliphatic heterocycles. The van der Waals surface area contributed by atoms with Gasteiger partial charge in [-0.2, -0.15) is 0 Å². The van der Waals surface area contributed by atoms with E-state index in [1.165, 1.54) is 0 Å². The topological polar surface area (TPSA) is 51.2 Å². The van der Waals surface area contributed by atoms with Crippen LogP contribution in [0.15, 0.2) is 0 Å². The van der Waals surface area contributed by atoms with Gasteiger partial charge in [0.25, 0.3) is 0 Å². The van der Waals surface area contributed by atoms with Crippen LogP contribution in [-0.2, 0) is 18.1 Å². The molecule has 2 atom stereocenters. The average Bonchev–Trinajstić information content (AvgIpc) is 2.16. The van der Waals surface area contributed by atoms with E-state index in [0.717, 1.165) is 0 Å². The van der Waals surface area contributed by atoms with Crippen molar-refractivity contribution in [1.82, 2.24) is 9.80 Å². The summed E-state index contributed by atoms with van der Waals surface area (Å²) < 4.78 is 28.2. The first-order valence-electron chi connectivity index (χ1n) is 5.66. The lowest BCUT2D eigenvalue weighted by Crippen LogP contribution is -2.30. The SMILES string of the molecule is CCOP(=O)(OC(C)N(C)C)OC(C)N(C)C. The zero-order valence-electron chi connectivity index (χ0n) is 11.8. The van der Waals surface area contributed by atoms with Crippen molar-refractivity contribution in [3.8, 4) is 0 Å². The van der Waals surface area contributed by atoms with Gasteiger partial charge in [0.1, 0.15) is 12.5 Å². The second-order valence-electron chi connectivity index (χ2n) is 4.20. The zero-order chi connectivity index (χ0) is 13.6. The van der Waals surface area contributed by atoms with Gasteiger partial charge in [0.15, 0.2) is 0 Å². The Morgan fingerprint density at radius 2 is 1.35 bits per heavy atom. The number of hydrogen-bond acceptors (Lipinski definition) is 6. The molecule has 6 nitrogen and oxygen atoms in total. The molecule has 0 radical (unpaired) electrons. The molecule has 0 amide bonds. The van der Waals surface area contributed by atoms with Crippen molar-refractivity contribution in [2.24, 2.45) is 0 Å². The third-order valence-corrected chi connectivity index (χ3v) is 4.01. The average molecular weight is 268 g/mol. The van der Waals surface area contributed by atoms with E-state index in [9.17, 15) is 4.57 Å². The van der Waals surface area contributed by atoms with Crippen molar-refractivity contribution in [2.45, 2.75) is 33.2 Å². The normalized spacial score (nSPS) is 19.4. The van der Waals surface area contributed by atoms with Crippen molar-refractivity contribution in [3.05, 3.63) is 0 Å². The fourth-order valence-corrected chi connectivity index (χ4v) is 2.42. The van der Waals surface area contributed by atoms with Gasteiger partial charge >= 0.3 is 7.82 Å². The monoisotopic (exact) mass is 268 g/mol. The smallest absolute Gasteiger partial charge is 0.287 e. The van der Waals surface area contributed by atoms with Crippen LogP contribution in [0.3, 0.4) is 0 Å². The molecular formula is C10H25N2O4P. The van der Waals surface area contributed by atoms with Crippen molar-refractivity contribution < 1.29 is 18.1 Å². The molecule has 7 heteroatoms. The van der Waals surface area contributed by atoms with Gasteiger partial charge in [0.05, 0.1) is 6.61 Å². The van der Waals surface area contributed by atoms with Crippen molar-refractivity contribution in [3.63, 3.8) is 0 Å². The predicted octanol–water partition coefficient (Wildman–Crippen LogP) is 1.98. The number of phosphoric ester groups is 1. The summed E-state index contributed by atoms with van der Waals surface area (Å²) in [5.74, 6) is 0. The van der Waals surface area contributed by atoms with E-state index in [0.29, 0.717) is 0 Å². The molecule has 0 heterocycles. The molecule has 0 saturated heterocycles. The molecule has 0 N–H and O–H groups in total. The largest absolute Gasteiger partial charge is 0.477 e. The number of rotatable bonds is 8. The van der Waals surface area contributed by atoms with Gasteiger partial charge in [-0.3, -0.25) is 23.4 Å². The van der Waals surface area contributed by atoms with Crippen LogP contribution in [0.4, 0.5) is 0 Å². The lowest BCUT2D eigenvalue weighted by atomic mass is 10.6. The van der Waals surface area contributed by atoms with Crippen LogP contribution >= 0.6 is 7.82 Å². The highest BCUT2D eigenvalue weighted by molar-refractivity contribution is 7.48. The molecule has 0 spiro atoms. The summed E-state index contributed by atoms with van der Waals surface area (Å²) in [7, 11) is 3.80. The molecule has 0 saturated carbocycles. The molecular weight excluding hydrogens is 243 g/mol. The Labute approximate surface area is 104 Å². The Kier molecular flexibility index (Phi) is 7.47. The fraction of sp³-hybridized carbons (Fsp3) is 1.00. The minimum atomic E-state index is -3.52. The first-order valence-corrected chi connectivity index (χ1v) is 7.12. The summed E-state index contributed by atoms with van der Waals surface area (Å²) in [6, 6.07) is 0. The van der Waals surface area contributed by atoms with Crippen LogP contribution in [0.1, 0.15) is 20.8 Å². The highest BCUT2D eigenvalue weighted by Crippen LogP contribution is 2.51. The molecule has 0 fully saturated rings. The van der Waals surface area contributed by atoms with Crippen LogP contribution in [0.2, 0.25) is 0 Å². The van der Waals surface area contributed by atoms with Gasteiger partial charge < -0.3 is 0 Å². The van der Waals surface area contributed by atoms with Crippen LogP contribution < -0.4 is 0 Å². The number of nitrogens with zero attached hydrogens (tertiary/aromatic N) is 2. The zero-order valence-corrected chi connectivity index (χ0v) is 12.7.